The van der Waals surface area contributed by atoms with Gasteiger partial charge in [-0.05, 0) is 82.2 Å². The number of methoxy groups -OCH3 is 1. The van der Waals surface area contributed by atoms with Crippen molar-refractivity contribution in [3.05, 3.63) is 72.3 Å². The monoisotopic (exact) mass is 535 g/mol. The summed E-state index contributed by atoms with van der Waals surface area (Å²) in [4.78, 5) is 38.7. The fourth-order valence-electron chi connectivity index (χ4n) is 4.64. The van der Waals surface area contributed by atoms with Crippen LogP contribution in [0, 0.1) is 5.92 Å². The van der Waals surface area contributed by atoms with Gasteiger partial charge in [0.05, 0.1) is 7.11 Å². The first-order valence-electron chi connectivity index (χ1n) is 13.6. The molecule has 0 aromatic heterocycles. The first-order chi connectivity index (χ1) is 18.6. The minimum absolute atomic E-state index is 0.0367. The zero-order valence-corrected chi connectivity index (χ0v) is 23.4. The van der Waals surface area contributed by atoms with Crippen molar-refractivity contribution in [1.82, 2.24) is 10.6 Å². The molecule has 0 spiro atoms. The van der Waals surface area contributed by atoms with Gasteiger partial charge in [-0.15, -0.1) is 0 Å². The van der Waals surface area contributed by atoms with Crippen LogP contribution in [0.3, 0.4) is 0 Å². The van der Waals surface area contributed by atoms with E-state index in [1.807, 2.05) is 30.3 Å². The van der Waals surface area contributed by atoms with Crippen LogP contribution < -0.4 is 20.7 Å². The van der Waals surface area contributed by atoms with Crippen LogP contribution >= 0.6 is 0 Å². The molecule has 8 nitrogen and oxygen atoms in total. The lowest BCUT2D eigenvalue weighted by atomic mass is 9.96. The molecule has 1 aliphatic rings. The second-order valence-electron chi connectivity index (χ2n) is 10.9. The van der Waals surface area contributed by atoms with Gasteiger partial charge < -0.3 is 25.4 Å². The van der Waals surface area contributed by atoms with Crippen molar-refractivity contribution in [3.8, 4) is 5.75 Å². The lowest BCUT2D eigenvalue weighted by Crippen LogP contribution is -2.53. The number of rotatable bonds is 11. The number of carbonyl (C=O) groups excluding carboxylic acids is 3. The summed E-state index contributed by atoms with van der Waals surface area (Å²) in [5.41, 5.74) is 1.10. The molecule has 0 heterocycles. The van der Waals surface area contributed by atoms with Gasteiger partial charge in [0.1, 0.15) is 17.4 Å². The Morgan fingerprint density at radius 2 is 1.64 bits per heavy atom. The summed E-state index contributed by atoms with van der Waals surface area (Å²) in [5.74, 6) is 0.156. The summed E-state index contributed by atoms with van der Waals surface area (Å²) in [6.07, 6.45) is 7.61. The minimum atomic E-state index is -0.705. The van der Waals surface area contributed by atoms with Crippen LogP contribution in [-0.2, 0) is 20.7 Å². The van der Waals surface area contributed by atoms with E-state index in [1.54, 1.807) is 58.2 Å². The Labute approximate surface area is 231 Å². The van der Waals surface area contributed by atoms with E-state index in [1.165, 1.54) is 6.08 Å². The molecule has 0 unspecified atom stereocenters. The highest BCUT2D eigenvalue weighted by molar-refractivity contribution is 5.99. The molecule has 0 radical (unpaired) electrons. The molecule has 2 aromatic carbocycles. The number of amides is 3. The van der Waals surface area contributed by atoms with Gasteiger partial charge in [0.15, 0.2) is 0 Å². The van der Waals surface area contributed by atoms with Gasteiger partial charge in [0.2, 0.25) is 11.8 Å². The summed E-state index contributed by atoms with van der Waals surface area (Å²) < 4.78 is 10.6. The van der Waals surface area contributed by atoms with E-state index in [0.29, 0.717) is 24.3 Å². The summed E-state index contributed by atoms with van der Waals surface area (Å²) in [7, 11) is 1.58. The summed E-state index contributed by atoms with van der Waals surface area (Å²) in [5, 5.41) is 8.71. The van der Waals surface area contributed by atoms with E-state index in [-0.39, 0.29) is 17.7 Å². The van der Waals surface area contributed by atoms with Crippen LogP contribution in [0.4, 0.5) is 10.5 Å². The Balaban J connectivity index is 1.71. The third-order valence-electron chi connectivity index (χ3n) is 6.58. The molecule has 0 aliphatic heterocycles. The second kappa shape index (κ2) is 14.4. The van der Waals surface area contributed by atoms with Crippen molar-refractivity contribution in [1.29, 1.82) is 0 Å². The van der Waals surface area contributed by atoms with Crippen LogP contribution in [0.15, 0.2) is 66.7 Å². The van der Waals surface area contributed by atoms with Crippen molar-refractivity contribution >= 4 is 23.6 Å². The predicted molar refractivity (Wildman–Crippen MR) is 153 cm³/mol. The Bertz CT molecular complexity index is 1100. The molecule has 210 valence electrons. The van der Waals surface area contributed by atoms with E-state index in [4.69, 9.17) is 9.47 Å². The number of hydrogen-bond donors (Lipinski definition) is 3. The molecule has 39 heavy (non-hydrogen) atoms. The van der Waals surface area contributed by atoms with Crippen molar-refractivity contribution in [3.63, 3.8) is 0 Å². The molecule has 3 rings (SSSR count). The number of carbonyl (C=O) groups is 3. The average Bonchev–Trinajstić information content (AvgIpc) is 3.43. The van der Waals surface area contributed by atoms with Crippen LogP contribution in [0.5, 0.6) is 5.75 Å². The number of alkyl carbamates (subject to hydrolysis) is 1. The smallest absolute Gasteiger partial charge is 0.408 e. The zero-order chi connectivity index (χ0) is 28.3. The Morgan fingerprint density at radius 3 is 2.26 bits per heavy atom. The molecule has 3 N–H and O–H groups in total. The summed E-state index contributed by atoms with van der Waals surface area (Å²) in [6.45, 7) is 5.37. The maximum Gasteiger partial charge on any atom is 0.408 e. The quantitative estimate of drug-likeness (QED) is 0.335. The van der Waals surface area contributed by atoms with Gasteiger partial charge in [-0.3, -0.25) is 9.59 Å². The van der Waals surface area contributed by atoms with Gasteiger partial charge in [-0.2, -0.15) is 0 Å². The molecule has 1 fully saturated rings. The largest absolute Gasteiger partial charge is 0.497 e. The summed E-state index contributed by atoms with van der Waals surface area (Å²) >= 11 is 0. The van der Waals surface area contributed by atoms with E-state index < -0.39 is 23.8 Å². The third kappa shape index (κ3) is 10.5. The molecule has 2 atom stereocenters. The van der Waals surface area contributed by atoms with Crippen molar-refractivity contribution in [2.24, 2.45) is 5.92 Å². The number of hydrogen-bond acceptors (Lipinski definition) is 5. The third-order valence-corrected chi connectivity index (χ3v) is 6.58. The molecule has 8 heteroatoms. The highest BCUT2D eigenvalue weighted by atomic mass is 16.6. The minimum Gasteiger partial charge on any atom is -0.497 e. The number of aryl methyl sites for hydroxylation is 1. The highest BCUT2D eigenvalue weighted by Crippen LogP contribution is 2.28. The Morgan fingerprint density at radius 1 is 0.974 bits per heavy atom. The van der Waals surface area contributed by atoms with Crippen LogP contribution in [0.1, 0.15) is 58.4 Å². The van der Waals surface area contributed by atoms with E-state index in [9.17, 15) is 14.4 Å². The normalized spacial score (nSPS) is 15.4. The maximum atomic E-state index is 13.5. The van der Waals surface area contributed by atoms with E-state index >= 15 is 0 Å². The van der Waals surface area contributed by atoms with Gasteiger partial charge in [0.25, 0.3) is 0 Å². The van der Waals surface area contributed by atoms with Crippen LogP contribution in [0.25, 0.3) is 0 Å². The molecular formula is C31H41N3O5. The average molecular weight is 536 g/mol. The molecule has 0 bridgehead atoms. The molecule has 2 aromatic rings. The predicted octanol–water partition coefficient (Wildman–Crippen LogP) is 5.39. The number of nitrogens with one attached hydrogen (secondary N) is 3. The highest BCUT2D eigenvalue weighted by Gasteiger charge is 2.34. The van der Waals surface area contributed by atoms with Crippen molar-refractivity contribution < 1.29 is 23.9 Å². The van der Waals surface area contributed by atoms with E-state index in [0.717, 1.165) is 31.2 Å². The SMILES string of the molecule is COc1ccc(NC(=O)/C=C/[C@H](CCc2ccccc2)NC(=O)[C@@H](NC(=O)OC(C)(C)C)C2CCCC2)cc1. The van der Waals surface area contributed by atoms with Gasteiger partial charge in [-0.25, -0.2) is 4.79 Å². The van der Waals surface area contributed by atoms with Crippen LogP contribution in [0.2, 0.25) is 0 Å². The zero-order valence-electron chi connectivity index (χ0n) is 23.4. The molecule has 1 saturated carbocycles. The van der Waals surface area contributed by atoms with Crippen molar-refractivity contribution in [2.45, 2.75) is 77.0 Å². The lowest BCUT2D eigenvalue weighted by molar-refractivity contribution is -0.125. The molecule has 1 aliphatic carbocycles. The fraction of sp³-hybridized carbons (Fsp3) is 0.452. The molecular weight excluding hydrogens is 494 g/mol. The fourth-order valence-corrected chi connectivity index (χ4v) is 4.64. The standard InChI is InChI=1S/C31H41N3O5/c1-31(2,3)39-30(37)34-28(23-12-8-9-13-23)29(36)33-25(15-14-22-10-6-5-7-11-22)18-21-27(35)32-24-16-19-26(38-4)20-17-24/h5-7,10-11,16-21,23,25,28H,8-9,12-15H2,1-4H3,(H,32,35)(H,33,36)(H,34,37)/b21-18+/t25-,28-/m0/s1. The summed E-state index contributed by atoms with van der Waals surface area (Å²) in [6, 6.07) is 15.9. The number of ether oxygens (including phenoxy) is 2. The van der Waals surface area contributed by atoms with Gasteiger partial charge >= 0.3 is 6.09 Å². The van der Waals surface area contributed by atoms with Gasteiger partial charge in [0, 0.05) is 17.8 Å². The maximum absolute atomic E-state index is 13.5. The first kappa shape index (κ1) is 29.7. The topological polar surface area (TPSA) is 106 Å². The Hall–Kier alpha value is -3.81. The molecule has 0 saturated heterocycles. The lowest BCUT2D eigenvalue weighted by Gasteiger charge is -2.28. The van der Waals surface area contributed by atoms with E-state index in [2.05, 4.69) is 16.0 Å². The van der Waals surface area contributed by atoms with Crippen molar-refractivity contribution in [2.75, 3.05) is 12.4 Å². The number of anilines is 1. The van der Waals surface area contributed by atoms with Crippen LogP contribution in [-0.4, -0.2) is 42.7 Å². The molecule has 3 amide bonds. The second-order valence-corrected chi connectivity index (χ2v) is 10.9. The van der Waals surface area contributed by atoms with Gasteiger partial charge in [-0.1, -0.05) is 49.2 Å². The number of benzene rings is 2. The Kier molecular flexibility index (Phi) is 11.0. The first-order valence-corrected chi connectivity index (χ1v) is 13.6.